The number of piperazine rings is 1. The first-order valence-electron chi connectivity index (χ1n) is 12.9. The van der Waals surface area contributed by atoms with Gasteiger partial charge in [-0.15, -0.1) is 0 Å². The molecule has 39 heavy (non-hydrogen) atoms. The summed E-state index contributed by atoms with van der Waals surface area (Å²) in [7, 11) is 0. The number of halogens is 3. The number of pyridine rings is 1. The minimum Gasteiger partial charge on any atom is -0.340 e. The van der Waals surface area contributed by atoms with Gasteiger partial charge in [-0.2, -0.15) is 13.2 Å². The highest BCUT2D eigenvalue weighted by molar-refractivity contribution is 5.84. The maximum Gasteiger partial charge on any atom is 0.433 e. The number of hydrogen-bond acceptors (Lipinski definition) is 7. The van der Waals surface area contributed by atoms with Crippen molar-refractivity contribution in [3.63, 3.8) is 0 Å². The van der Waals surface area contributed by atoms with Gasteiger partial charge >= 0.3 is 6.18 Å². The van der Waals surface area contributed by atoms with E-state index in [1.165, 1.54) is 6.92 Å². The minimum atomic E-state index is -4.55. The molecule has 12 heteroatoms. The number of fused-ring (bicyclic) bond motifs is 1. The first-order chi connectivity index (χ1) is 18.7. The van der Waals surface area contributed by atoms with Gasteiger partial charge < -0.3 is 15.2 Å². The zero-order valence-corrected chi connectivity index (χ0v) is 21.3. The van der Waals surface area contributed by atoms with Gasteiger partial charge in [-0.3, -0.25) is 9.69 Å². The van der Waals surface area contributed by atoms with Crippen molar-refractivity contribution in [2.45, 2.75) is 32.5 Å². The Hall–Kier alpha value is -4.06. The van der Waals surface area contributed by atoms with Crippen LogP contribution >= 0.6 is 0 Å². The fourth-order valence-corrected chi connectivity index (χ4v) is 4.98. The fourth-order valence-electron chi connectivity index (χ4n) is 4.98. The van der Waals surface area contributed by atoms with Crippen molar-refractivity contribution >= 4 is 28.7 Å². The van der Waals surface area contributed by atoms with Crippen LogP contribution in [0.3, 0.4) is 0 Å². The van der Waals surface area contributed by atoms with Gasteiger partial charge in [0.25, 0.3) is 0 Å². The summed E-state index contributed by atoms with van der Waals surface area (Å²) in [5.74, 6) is 1.65. The monoisotopic (exact) mass is 536 g/mol. The number of rotatable bonds is 6. The molecule has 2 N–H and O–H groups in total. The van der Waals surface area contributed by atoms with E-state index in [9.17, 15) is 18.0 Å². The third-order valence-electron chi connectivity index (χ3n) is 7.20. The summed E-state index contributed by atoms with van der Waals surface area (Å²) >= 11 is 0. The predicted octanol–water partition coefficient (Wildman–Crippen LogP) is 4.54. The van der Waals surface area contributed by atoms with E-state index < -0.39 is 11.9 Å². The number of amides is 1. The second-order valence-electron chi connectivity index (χ2n) is 10.1. The largest absolute Gasteiger partial charge is 0.433 e. The number of nitrogens with one attached hydrogen (secondary N) is 2. The Morgan fingerprint density at radius 3 is 2.62 bits per heavy atom. The summed E-state index contributed by atoms with van der Waals surface area (Å²) in [5, 5.41) is 3.19. The molecular weight excluding hydrogens is 509 g/mol. The van der Waals surface area contributed by atoms with E-state index in [2.05, 4.69) is 35.1 Å². The molecule has 1 amide bonds. The van der Waals surface area contributed by atoms with E-state index in [1.54, 1.807) is 24.4 Å². The van der Waals surface area contributed by atoms with Crippen molar-refractivity contribution in [3.05, 3.63) is 59.7 Å². The first kappa shape index (κ1) is 25.2. The van der Waals surface area contributed by atoms with Crippen LogP contribution in [0.4, 0.5) is 24.9 Å². The molecule has 1 aliphatic heterocycles. The van der Waals surface area contributed by atoms with Crippen LogP contribution < -0.4 is 5.32 Å². The summed E-state index contributed by atoms with van der Waals surface area (Å²) in [4.78, 5) is 36.2. The van der Waals surface area contributed by atoms with Crippen molar-refractivity contribution in [2.24, 2.45) is 5.92 Å². The summed E-state index contributed by atoms with van der Waals surface area (Å²) in [5.41, 5.74) is 2.17. The Kier molecular flexibility index (Phi) is 6.42. The Morgan fingerprint density at radius 2 is 1.87 bits per heavy atom. The van der Waals surface area contributed by atoms with Gasteiger partial charge in [-0.05, 0) is 49.6 Å². The highest BCUT2D eigenvalue weighted by Crippen LogP contribution is 2.34. The Labute approximate surface area is 222 Å². The van der Waals surface area contributed by atoms with Crippen LogP contribution in [0.5, 0.6) is 0 Å². The lowest BCUT2D eigenvalue weighted by Gasteiger charge is -2.34. The zero-order valence-electron chi connectivity index (χ0n) is 21.3. The molecule has 1 aliphatic carbocycles. The molecule has 1 saturated carbocycles. The van der Waals surface area contributed by atoms with Crippen LogP contribution in [-0.2, 0) is 17.5 Å². The number of imidazole rings is 1. The van der Waals surface area contributed by atoms with Crippen LogP contribution in [0.1, 0.15) is 29.7 Å². The average molecular weight is 537 g/mol. The predicted molar refractivity (Wildman–Crippen MR) is 139 cm³/mol. The summed E-state index contributed by atoms with van der Waals surface area (Å²) in [6.07, 6.45) is 0.177. The van der Waals surface area contributed by atoms with Gasteiger partial charge in [0.15, 0.2) is 5.69 Å². The molecule has 1 saturated heterocycles. The number of alkyl halides is 3. The standard InChI is InChI=1S/C27H27F3N8O/c1-16-23(32-15-33-24(16)27(28,29)30)19-4-5-20-21(13-19)35-26(34-20)36-22-12-17(6-7-31-22)14-37-8-10-38(11-9-37)25(39)18-2-3-18/h4-7,12-13,15,18H,2-3,8-11,14H2,1H3,(H2,31,34,35,36). The minimum absolute atomic E-state index is 0.0286. The number of aromatic nitrogens is 5. The summed E-state index contributed by atoms with van der Waals surface area (Å²) in [6.45, 7) is 5.33. The topological polar surface area (TPSA) is 103 Å². The van der Waals surface area contributed by atoms with Crippen LogP contribution in [-0.4, -0.2) is 66.8 Å². The highest BCUT2D eigenvalue weighted by Gasteiger charge is 2.36. The van der Waals surface area contributed by atoms with Gasteiger partial charge in [0.1, 0.15) is 12.1 Å². The smallest absolute Gasteiger partial charge is 0.340 e. The van der Waals surface area contributed by atoms with E-state index in [1.807, 2.05) is 17.0 Å². The number of benzene rings is 1. The molecule has 0 spiro atoms. The highest BCUT2D eigenvalue weighted by atomic mass is 19.4. The third kappa shape index (κ3) is 5.42. The van der Waals surface area contributed by atoms with E-state index >= 15 is 0 Å². The van der Waals surface area contributed by atoms with Crippen LogP contribution in [0.25, 0.3) is 22.3 Å². The normalized spacial score (nSPS) is 16.6. The number of aromatic amines is 1. The van der Waals surface area contributed by atoms with E-state index in [4.69, 9.17) is 0 Å². The molecule has 0 radical (unpaired) electrons. The maximum atomic E-state index is 13.3. The quantitative estimate of drug-likeness (QED) is 0.373. The Balaban J connectivity index is 1.14. The second kappa shape index (κ2) is 9.92. The molecule has 2 fully saturated rings. The summed E-state index contributed by atoms with van der Waals surface area (Å²) < 4.78 is 39.9. The number of nitrogens with zero attached hydrogens (tertiary/aromatic N) is 6. The number of anilines is 2. The zero-order chi connectivity index (χ0) is 27.1. The van der Waals surface area contributed by atoms with Gasteiger partial charge in [-0.1, -0.05) is 6.07 Å². The molecule has 3 aromatic heterocycles. The number of carbonyl (C=O) groups excluding carboxylic acids is 1. The van der Waals surface area contributed by atoms with Crippen molar-refractivity contribution in [1.82, 2.24) is 34.7 Å². The molecule has 4 aromatic rings. The van der Waals surface area contributed by atoms with Crippen molar-refractivity contribution in [1.29, 1.82) is 0 Å². The Morgan fingerprint density at radius 1 is 1.08 bits per heavy atom. The lowest BCUT2D eigenvalue weighted by atomic mass is 10.0. The number of hydrogen-bond donors (Lipinski definition) is 2. The van der Waals surface area contributed by atoms with Gasteiger partial charge in [0, 0.05) is 56.0 Å². The molecule has 0 atom stereocenters. The van der Waals surface area contributed by atoms with Crippen LogP contribution in [0.2, 0.25) is 0 Å². The lowest BCUT2D eigenvalue weighted by Crippen LogP contribution is -2.48. The number of H-pyrrole nitrogens is 1. The molecule has 9 nitrogen and oxygen atoms in total. The number of carbonyl (C=O) groups is 1. The molecule has 202 valence electrons. The molecule has 2 aliphatic rings. The van der Waals surface area contributed by atoms with Crippen molar-refractivity contribution < 1.29 is 18.0 Å². The average Bonchev–Trinajstić information content (AvgIpc) is 3.68. The lowest BCUT2D eigenvalue weighted by molar-refractivity contribution is -0.141. The first-order valence-corrected chi connectivity index (χ1v) is 12.9. The van der Waals surface area contributed by atoms with E-state index in [-0.39, 0.29) is 17.2 Å². The fraction of sp³-hybridized carbons (Fsp3) is 0.370. The molecule has 6 rings (SSSR count). The molecular formula is C27H27F3N8O. The van der Waals surface area contributed by atoms with Gasteiger partial charge in [0.05, 0.1) is 16.7 Å². The molecule has 1 aromatic carbocycles. The summed E-state index contributed by atoms with van der Waals surface area (Å²) in [6, 6.07) is 9.08. The van der Waals surface area contributed by atoms with Crippen molar-refractivity contribution in [3.8, 4) is 11.3 Å². The maximum absolute atomic E-state index is 13.3. The van der Waals surface area contributed by atoms with Crippen molar-refractivity contribution in [2.75, 3.05) is 31.5 Å². The third-order valence-corrected chi connectivity index (χ3v) is 7.20. The SMILES string of the molecule is Cc1c(-c2ccc3nc(Nc4cc(CN5CCN(C(=O)C6CC6)CC5)ccn4)[nH]c3c2)ncnc1C(F)(F)F. The van der Waals surface area contributed by atoms with E-state index in [0.29, 0.717) is 34.3 Å². The van der Waals surface area contributed by atoms with Gasteiger partial charge in [0.2, 0.25) is 11.9 Å². The second-order valence-corrected chi connectivity index (χ2v) is 10.1. The molecule has 0 bridgehead atoms. The van der Waals surface area contributed by atoms with Crippen LogP contribution in [0, 0.1) is 12.8 Å². The van der Waals surface area contributed by atoms with E-state index in [0.717, 1.165) is 57.5 Å². The molecule has 4 heterocycles. The molecule has 0 unspecified atom stereocenters. The van der Waals surface area contributed by atoms with Gasteiger partial charge in [-0.25, -0.2) is 19.9 Å². The Bertz CT molecular complexity index is 1520. The van der Waals surface area contributed by atoms with Crippen LogP contribution in [0.15, 0.2) is 42.9 Å².